The summed E-state index contributed by atoms with van der Waals surface area (Å²) in [6, 6.07) is 12.2. The van der Waals surface area contributed by atoms with Crippen molar-refractivity contribution in [3.63, 3.8) is 0 Å². The van der Waals surface area contributed by atoms with E-state index in [4.69, 9.17) is 0 Å². The zero-order valence-corrected chi connectivity index (χ0v) is 12.8. The third kappa shape index (κ3) is 2.93. The van der Waals surface area contributed by atoms with E-state index in [-0.39, 0.29) is 0 Å². The number of hydrogen-bond acceptors (Lipinski definition) is 4. The van der Waals surface area contributed by atoms with Crippen LogP contribution in [0.25, 0.3) is 10.2 Å². The maximum atomic E-state index is 4.55. The van der Waals surface area contributed by atoms with E-state index in [1.54, 1.807) is 11.3 Å². The number of rotatable bonds is 3. The Labute approximate surface area is 123 Å². The number of hydrogen-bond donors (Lipinski definition) is 1. The van der Waals surface area contributed by atoms with Gasteiger partial charge in [0.15, 0.2) is 5.13 Å². The summed E-state index contributed by atoms with van der Waals surface area (Å²) in [7, 11) is 0. The van der Waals surface area contributed by atoms with Crippen LogP contribution in [0.5, 0.6) is 0 Å². The normalized spacial score (nSPS) is 10.8. The summed E-state index contributed by atoms with van der Waals surface area (Å²) in [6.45, 7) is 2.70. The van der Waals surface area contributed by atoms with Gasteiger partial charge in [0.2, 0.25) is 0 Å². The van der Waals surface area contributed by atoms with Crippen LogP contribution in [-0.4, -0.2) is 9.97 Å². The van der Waals surface area contributed by atoms with Crippen molar-refractivity contribution < 1.29 is 0 Å². The van der Waals surface area contributed by atoms with Gasteiger partial charge in [0.25, 0.3) is 0 Å². The van der Waals surface area contributed by atoms with Crippen molar-refractivity contribution >= 4 is 42.6 Å². The number of fused-ring (bicyclic) bond motifs is 1. The molecule has 0 fully saturated rings. The minimum absolute atomic E-state index is 0.697. The first-order valence-corrected chi connectivity index (χ1v) is 7.54. The molecule has 1 aromatic carbocycles. The zero-order valence-electron chi connectivity index (χ0n) is 10.4. The largest absolute Gasteiger partial charge is 0.356 e. The Kier molecular flexibility index (Phi) is 3.48. The maximum absolute atomic E-state index is 4.55. The molecule has 0 saturated heterocycles. The maximum Gasteiger partial charge on any atom is 0.184 e. The number of pyridine rings is 1. The number of benzene rings is 1. The van der Waals surface area contributed by atoms with Crippen molar-refractivity contribution in [1.29, 1.82) is 0 Å². The topological polar surface area (TPSA) is 37.8 Å². The van der Waals surface area contributed by atoms with Crippen molar-refractivity contribution in [3.8, 4) is 0 Å². The zero-order chi connectivity index (χ0) is 13.2. The summed E-state index contributed by atoms with van der Waals surface area (Å²) in [5.74, 6) is 0. The van der Waals surface area contributed by atoms with Gasteiger partial charge in [-0.25, -0.2) is 4.98 Å². The molecular formula is C14H12BrN3S. The molecule has 0 aliphatic heterocycles. The van der Waals surface area contributed by atoms with E-state index in [0.29, 0.717) is 6.54 Å². The van der Waals surface area contributed by atoms with Crippen LogP contribution in [0.15, 0.2) is 40.9 Å². The predicted octanol–water partition coefficient (Wildman–Crippen LogP) is 4.37. The average Bonchev–Trinajstić information content (AvgIpc) is 2.78. The van der Waals surface area contributed by atoms with Crippen LogP contribution >= 0.6 is 27.3 Å². The van der Waals surface area contributed by atoms with E-state index in [0.717, 1.165) is 26.5 Å². The Hall–Kier alpha value is -1.46. The number of halogens is 1. The highest BCUT2D eigenvalue weighted by Crippen LogP contribution is 2.28. The molecule has 96 valence electrons. The molecule has 0 bridgehead atoms. The van der Waals surface area contributed by atoms with Crippen molar-refractivity contribution in [2.45, 2.75) is 13.5 Å². The number of aryl methyl sites for hydroxylation is 1. The third-order valence-corrected chi connectivity index (χ3v) is 4.19. The molecule has 0 saturated carbocycles. The summed E-state index contributed by atoms with van der Waals surface area (Å²) in [4.78, 5) is 9.01. The highest BCUT2D eigenvalue weighted by atomic mass is 79.9. The van der Waals surface area contributed by atoms with Gasteiger partial charge in [0.1, 0.15) is 0 Å². The quantitative estimate of drug-likeness (QED) is 0.773. The molecule has 0 aliphatic carbocycles. The molecule has 1 N–H and O–H groups in total. The molecular weight excluding hydrogens is 322 g/mol. The van der Waals surface area contributed by atoms with Crippen molar-refractivity contribution in [2.24, 2.45) is 0 Å². The average molecular weight is 334 g/mol. The van der Waals surface area contributed by atoms with Crippen LogP contribution in [0, 0.1) is 6.92 Å². The lowest BCUT2D eigenvalue weighted by atomic mass is 10.3. The number of nitrogens with zero attached hydrogens (tertiary/aromatic N) is 2. The van der Waals surface area contributed by atoms with Gasteiger partial charge in [-0.2, -0.15) is 0 Å². The molecule has 0 aliphatic rings. The van der Waals surface area contributed by atoms with E-state index in [2.05, 4.69) is 37.3 Å². The number of aromatic nitrogens is 2. The van der Waals surface area contributed by atoms with Crippen LogP contribution in [0.2, 0.25) is 0 Å². The van der Waals surface area contributed by atoms with Gasteiger partial charge in [-0.1, -0.05) is 33.3 Å². The summed E-state index contributed by atoms with van der Waals surface area (Å²) < 4.78 is 2.25. The van der Waals surface area contributed by atoms with Gasteiger partial charge in [-0.05, 0) is 37.3 Å². The molecule has 3 nitrogen and oxygen atoms in total. The second-order valence-electron chi connectivity index (χ2n) is 4.25. The van der Waals surface area contributed by atoms with Crippen LogP contribution in [0.4, 0.5) is 5.13 Å². The van der Waals surface area contributed by atoms with Gasteiger partial charge in [-0.15, -0.1) is 0 Å². The Balaban J connectivity index is 1.78. The Morgan fingerprint density at radius 2 is 2.11 bits per heavy atom. The van der Waals surface area contributed by atoms with Crippen molar-refractivity contribution in [2.75, 3.05) is 5.32 Å². The van der Waals surface area contributed by atoms with E-state index < -0.39 is 0 Å². The molecule has 19 heavy (non-hydrogen) atoms. The third-order valence-electron chi connectivity index (χ3n) is 2.72. The standard InChI is InChI=1S/C14H12BrN3S/c1-9-3-2-4-11(17-9)8-16-14-18-12-6-5-10(15)7-13(12)19-14/h2-7H,8H2,1H3,(H,16,18). The van der Waals surface area contributed by atoms with Gasteiger partial charge < -0.3 is 5.32 Å². The van der Waals surface area contributed by atoms with Gasteiger partial charge in [-0.3, -0.25) is 4.98 Å². The highest BCUT2D eigenvalue weighted by molar-refractivity contribution is 9.10. The summed E-state index contributed by atoms with van der Waals surface area (Å²) in [5.41, 5.74) is 3.08. The molecule has 0 spiro atoms. The van der Waals surface area contributed by atoms with E-state index in [1.165, 1.54) is 4.70 Å². The number of nitrogens with one attached hydrogen (secondary N) is 1. The smallest absolute Gasteiger partial charge is 0.184 e. The molecule has 3 rings (SSSR count). The lowest BCUT2D eigenvalue weighted by molar-refractivity contribution is 1.01. The summed E-state index contributed by atoms with van der Waals surface area (Å²) in [6.07, 6.45) is 0. The molecule has 2 heterocycles. The van der Waals surface area contributed by atoms with Crippen LogP contribution in [-0.2, 0) is 6.54 Å². The Bertz CT molecular complexity index is 724. The fraction of sp³-hybridized carbons (Fsp3) is 0.143. The minimum atomic E-state index is 0.697. The molecule has 0 atom stereocenters. The van der Waals surface area contributed by atoms with E-state index >= 15 is 0 Å². The molecule has 0 amide bonds. The molecule has 5 heteroatoms. The summed E-state index contributed by atoms with van der Waals surface area (Å²) >= 11 is 5.13. The fourth-order valence-electron chi connectivity index (χ4n) is 1.84. The molecule has 3 aromatic rings. The lowest BCUT2D eigenvalue weighted by Gasteiger charge is -2.02. The SMILES string of the molecule is Cc1cccc(CNc2nc3ccc(Br)cc3s2)n1. The van der Waals surface area contributed by atoms with Crippen molar-refractivity contribution in [1.82, 2.24) is 9.97 Å². The van der Waals surface area contributed by atoms with Crippen LogP contribution in [0.3, 0.4) is 0 Å². The molecule has 0 radical (unpaired) electrons. The first kappa shape index (κ1) is 12.6. The Morgan fingerprint density at radius 3 is 2.95 bits per heavy atom. The first-order chi connectivity index (χ1) is 9.20. The minimum Gasteiger partial charge on any atom is -0.356 e. The first-order valence-electron chi connectivity index (χ1n) is 5.93. The van der Waals surface area contributed by atoms with Gasteiger partial charge in [0, 0.05) is 10.2 Å². The Morgan fingerprint density at radius 1 is 1.21 bits per heavy atom. The van der Waals surface area contributed by atoms with Gasteiger partial charge in [0.05, 0.1) is 22.5 Å². The highest BCUT2D eigenvalue weighted by Gasteiger charge is 2.04. The number of thiazole rings is 1. The van der Waals surface area contributed by atoms with Crippen LogP contribution < -0.4 is 5.32 Å². The fourth-order valence-corrected chi connectivity index (χ4v) is 3.25. The predicted molar refractivity (Wildman–Crippen MR) is 83.6 cm³/mol. The van der Waals surface area contributed by atoms with Crippen LogP contribution in [0.1, 0.15) is 11.4 Å². The van der Waals surface area contributed by atoms with Crippen molar-refractivity contribution in [3.05, 3.63) is 52.3 Å². The second kappa shape index (κ2) is 5.27. The van der Waals surface area contributed by atoms with E-state index in [9.17, 15) is 0 Å². The monoisotopic (exact) mass is 333 g/mol. The van der Waals surface area contributed by atoms with Gasteiger partial charge >= 0.3 is 0 Å². The number of anilines is 1. The molecule has 0 unspecified atom stereocenters. The lowest BCUT2D eigenvalue weighted by Crippen LogP contribution is -2.01. The van der Waals surface area contributed by atoms with E-state index in [1.807, 2.05) is 37.3 Å². The molecule has 2 aromatic heterocycles. The summed E-state index contributed by atoms with van der Waals surface area (Å²) in [5, 5.41) is 4.25. The second-order valence-corrected chi connectivity index (χ2v) is 6.20.